The molecule has 0 aliphatic heterocycles. The third-order valence-corrected chi connectivity index (χ3v) is 3.14. The predicted octanol–water partition coefficient (Wildman–Crippen LogP) is 2.04. The molecule has 1 rings (SSSR count). The van der Waals surface area contributed by atoms with E-state index in [4.69, 9.17) is 0 Å². The van der Waals surface area contributed by atoms with Crippen LogP contribution in [0, 0.1) is 0 Å². The van der Waals surface area contributed by atoms with Crippen LogP contribution in [-0.2, 0) is 4.79 Å². The zero-order chi connectivity index (χ0) is 13.6. The van der Waals surface area contributed by atoms with Crippen LogP contribution in [0.15, 0.2) is 24.5 Å². The second kappa shape index (κ2) is 6.50. The number of carbonyl (C=O) groups excluding carboxylic acids is 1. The molecule has 0 bridgehead atoms. The van der Waals surface area contributed by atoms with Crippen molar-refractivity contribution < 1.29 is 4.79 Å². The van der Waals surface area contributed by atoms with Gasteiger partial charge in [-0.3, -0.25) is 9.78 Å². The largest absolute Gasteiger partial charge is 0.350 e. The molecule has 4 heteroatoms. The predicted molar refractivity (Wildman–Crippen MR) is 73.2 cm³/mol. The number of pyridine rings is 1. The molecule has 100 valence electrons. The smallest absolute Gasteiger partial charge is 0.234 e. The van der Waals surface area contributed by atoms with E-state index >= 15 is 0 Å². The van der Waals surface area contributed by atoms with Gasteiger partial charge in [0.05, 0.1) is 6.54 Å². The van der Waals surface area contributed by atoms with Crippen molar-refractivity contribution in [2.24, 2.45) is 0 Å². The summed E-state index contributed by atoms with van der Waals surface area (Å²) in [5.74, 6) is 0.0303. The lowest BCUT2D eigenvalue weighted by molar-refractivity contribution is -0.122. The number of hydrogen-bond donors (Lipinski definition) is 2. The first-order valence-corrected chi connectivity index (χ1v) is 6.39. The third-order valence-electron chi connectivity index (χ3n) is 3.14. The Hall–Kier alpha value is -1.42. The molecular weight excluding hydrogens is 226 g/mol. The first-order chi connectivity index (χ1) is 8.44. The van der Waals surface area contributed by atoms with Crippen molar-refractivity contribution in [1.82, 2.24) is 15.6 Å². The van der Waals surface area contributed by atoms with Gasteiger partial charge in [-0.2, -0.15) is 0 Å². The minimum atomic E-state index is -0.140. The maximum absolute atomic E-state index is 11.8. The second-order valence-corrected chi connectivity index (χ2v) is 5.17. The first kappa shape index (κ1) is 14.6. The number of nitrogens with one attached hydrogen (secondary N) is 2. The van der Waals surface area contributed by atoms with Crippen molar-refractivity contribution in [1.29, 1.82) is 0 Å². The van der Waals surface area contributed by atoms with Gasteiger partial charge in [0.25, 0.3) is 0 Å². The normalized spacial score (nSPS) is 13.1. The molecule has 0 aliphatic carbocycles. The highest BCUT2D eigenvalue weighted by Gasteiger charge is 2.17. The fourth-order valence-corrected chi connectivity index (χ4v) is 1.53. The third kappa shape index (κ3) is 4.84. The van der Waals surface area contributed by atoms with Crippen LogP contribution in [0.4, 0.5) is 0 Å². The summed E-state index contributed by atoms with van der Waals surface area (Å²) in [7, 11) is 0. The van der Waals surface area contributed by atoms with E-state index in [1.165, 1.54) is 0 Å². The van der Waals surface area contributed by atoms with Crippen molar-refractivity contribution in [3.63, 3.8) is 0 Å². The monoisotopic (exact) mass is 249 g/mol. The van der Waals surface area contributed by atoms with Gasteiger partial charge in [-0.1, -0.05) is 6.92 Å². The topological polar surface area (TPSA) is 54.0 Å². The van der Waals surface area contributed by atoms with Crippen LogP contribution < -0.4 is 10.6 Å². The average Bonchev–Trinajstić information content (AvgIpc) is 2.36. The minimum absolute atomic E-state index is 0.0303. The van der Waals surface area contributed by atoms with Crippen molar-refractivity contribution in [3.05, 3.63) is 30.1 Å². The Bertz CT molecular complexity index is 376. The zero-order valence-corrected chi connectivity index (χ0v) is 11.7. The second-order valence-electron chi connectivity index (χ2n) is 5.17. The van der Waals surface area contributed by atoms with Gasteiger partial charge in [0.1, 0.15) is 0 Å². The van der Waals surface area contributed by atoms with E-state index in [1.54, 1.807) is 12.4 Å². The molecule has 0 unspecified atom stereocenters. The Balaban J connectivity index is 2.39. The molecule has 1 aromatic rings. The number of aromatic nitrogens is 1. The SMILES string of the molecule is CCC(C)(C)NC(=O)CN[C@H](C)c1ccncc1. The molecule has 1 amide bonds. The summed E-state index contributed by atoms with van der Waals surface area (Å²) in [5.41, 5.74) is 0.992. The van der Waals surface area contributed by atoms with Crippen molar-refractivity contribution in [2.75, 3.05) is 6.54 Å². The maximum atomic E-state index is 11.8. The molecule has 0 aliphatic rings. The summed E-state index contributed by atoms with van der Waals surface area (Å²) < 4.78 is 0. The van der Waals surface area contributed by atoms with Gasteiger partial charge >= 0.3 is 0 Å². The minimum Gasteiger partial charge on any atom is -0.350 e. The molecule has 0 fully saturated rings. The molecule has 4 nitrogen and oxygen atoms in total. The van der Waals surface area contributed by atoms with Crippen molar-refractivity contribution >= 4 is 5.91 Å². The Morgan fingerprint density at radius 3 is 2.56 bits per heavy atom. The number of amides is 1. The fraction of sp³-hybridized carbons (Fsp3) is 0.571. The molecule has 0 saturated carbocycles. The van der Waals surface area contributed by atoms with Gasteiger partial charge in [0, 0.05) is 24.0 Å². The molecular formula is C14H23N3O. The van der Waals surface area contributed by atoms with Gasteiger partial charge in [-0.05, 0) is 44.9 Å². The molecule has 0 radical (unpaired) electrons. The highest BCUT2D eigenvalue weighted by Crippen LogP contribution is 2.10. The molecule has 2 N–H and O–H groups in total. The number of nitrogens with zero attached hydrogens (tertiary/aromatic N) is 1. The summed E-state index contributed by atoms with van der Waals surface area (Å²) in [6.45, 7) is 8.47. The molecule has 1 atom stereocenters. The number of carbonyl (C=O) groups is 1. The average molecular weight is 249 g/mol. The molecule has 1 heterocycles. The Kier molecular flexibility index (Phi) is 5.28. The van der Waals surface area contributed by atoms with E-state index in [1.807, 2.05) is 32.9 Å². The molecule has 0 saturated heterocycles. The maximum Gasteiger partial charge on any atom is 0.234 e. The molecule has 18 heavy (non-hydrogen) atoms. The van der Waals surface area contributed by atoms with Gasteiger partial charge in [0.15, 0.2) is 0 Å². The van der Waals surface area contributed by atoms with Crippen LogP contribution in [0.3, 0.4) is 0 Å². The molecule has 0 spiro atoms. The highest BCUT2D eigenvalue weighted by atomic mass is 16.2. The Labute approximate surface area is 109 Å². The van der Waals surface area contributed by atoms with Crippen LogP contribution in [0.25, 0.3) is 0 Å². The summed E-state index contributed by atoms with van der Waals surface area (Å²) >= 11 is 0. The summed E-state index contributed by atoms with van der Waals surface area (Å²) in [6.07, 6.45) is 4.43. The lowest BCUT2D eigenvalue weighted by Crippen LogP contribution is -2.46. The zero-order valence-electron chi connectivity index (χ0n) is 11.7. The van der Waals surface area contributed by atoms with E-state index in [0.29, 0.717) is 6.54 Å². The summed E-state index contributed by atoms with van der Waals surface area (Å²) in [4.78, 5) is 15.7. The van der Waals surface area contributed by atoms with Crippen LogP contribution in [0.5, 0.6) is 0 Å². The molecule has 1 aromatic heterocycles. The van der Waals surface area contributed by atoms with Crippen LogP contribution >= 0.6 is 0 Å². The highest BCUT2D eigenvalue weighted by molar-refractivity contribution is 5.78. The van der Waals surface area contributed by atoms with E-state index in [0.717, 1.165) is 12.0 Å². The standard InChI is InChI=1S/C14H23N3O/c1-5-14(3,4)17-13(18)10-16-11(2)12-6-8-15-9-7-12/h6-9,11,16H,5,10H2,1-4H3,(H,17,18)/t11-/m1/s1. The molecule has 0 aromatic carbocycles. The Morgan fingerprint density at radius 2 is 2.00 bits per heavy atom. The van der Waals surface area contributed by atoms with Gasteiger partial charge in [-0.25, -0.2) is 0 Å². The van der Waals surface area contributed by atoms with Crippen LogP contribution in [0.1, 0.15) is 45.7 Å². The summed E-state index contributed by atoms with van der Waals surface area (Å²) in [5, 5.41) is 6.20. The first-order valence-electron chi connectivity index (χ1n) is 6.39. The lowest BCUT2D eigenvalue weighted by atomic mass is 10.0. The number of hydrogen-bond acceptors (Lipinski definition) is 3. The van der Waals surface area contributed by atoms with E-state index in [2.05, 4.69) is 22.5 Å². The van der Waals surface area contributed by atoms with E-state index in [9.17, 15) is 4.79 Å². The van der Waals surface area contributed by atoms with Gasteiger partial charge in [0.2, 0.25) is 5.91 Å². The Morgan fingerprint density at radius 1 is 1.39 bits per heavy atom. The quantitative estimate of drug-likeness (QED) is 0.811. The van der Waals surface area contributed by atoms with Gasteiger partial charge in [-0.15, -0.1) is 0 Å². The van der Waals surface area contributed by atoms with Crippen LogP contribution in [0.2, 0.25) is 0 Å². The van der Waals surface area contributed by atoms with Crippen molar-refractivity contribution in [3.8, 4) is 0 Å². The fourth-order valence-electron chi connectivity index (χ4n) is 1.53. The lowest BCUT2D eigenvalue weighted by Gasteiger charge is -2.25. The van der Waals surface area contributed by atoms with E-state index < -0.39 is 0 Å². The van der Waals surface area contributed by atoms with Crippen molar-refractivity contribution in [2.45, 2.75) is 45.7 Å². The number of rotatable bonds is 6. The van der Waals surface area contributed by atoms with E-state index in [-0.39, 0.29) is 17.5 Å². The van der Waals surface area contributed by atoms with Crippen LogP contribution in [-0.4, -0.2) is 23.0 Å². The van der Waals surface area contributed by atoms with Gasteiger partial charge < -0.3 is 10.6 Å². The summed E-state index contributed by atoms with van der Waals surface area (Å²) in [6, 6.07) is 4.04.